The molecular formula is C21H23N5O5S. The Bertz CT molecular complexity index is 1300. The molecule has 2 aromatic heterocycles. The van der Waals surface area contributed by atoms with E-state index in [2.05, 4.69) is 20.6 Å². The number of nitrogens with zero attached hydrogens (tertiary/aromatic N) is 2. The minimum atomic E-state index is -3.77. The van der Waals surface area contributed by atoms with Crippen molar-refractivity contribution in [2.45, 2.75) is 18.7 Å². The number of fused-ring (bicyclic) bond motifs is 1. The summed E-state index contributed by atoms with van der Waals surface area (Å²) in [5.41, 5.74) is 0.219. The Balaban J connectivity index is 1.89. The molecule has 0 unspecified atom stereocenters. The van der Waals surface area contributed by atoms with Crippen LogP contribution in [0.25, 0.3) is 10.9 Å². The van der Waals surface area contributed by atoms with E-state index in [-0.39, 0.29) is 22.4 Å². The second-order valence-corrected chi connectivity index (χ2v) is 8.75. The molecule has 0 saturated carbocycles. The van der Waals surface area contributed by atoms with Crippen LogP contribution in [0.1, 0.15) is 24.2 Å². The Morgan fingerprint density at radius 3 is 2.53 bits per heavy atom. The zero-order chi connectivity index (χ0) is 23.3. The smallest absolute Gasteiger partial charge is 0.252 e. The van der Waals surface area contributed by atoms with E-state index in [0.29, 0.717) is 24.3 Å². The molecule has 1 aromatic carbocycles. The number of benzene rings is 1. The van der Waals surface area contributed by atoms with Crippen molar-refractivity contribution in [3.05, 3.63) is 64.7 Å². The van der Waals surface area contributed by atoms with Crippen LogP contribution in [0.2, 0.25) is 0 Å². The van der Waals surface area contributed by atoms with Gasteiger partial charge in [0, 0.05) is 36.3 Å². The SMILES string of the molecule is CCN(CC)S(=O)(=O)c1ccc2[nH]c(=O)cc(C(=O)NCC(=O)Nc3cccnc3)c2c1. The largest absolute Gasteiger partial charge is 0.343 e. The third kappa shape index (κ3) is 5.01. The second-order valence-electron chi connectivity index (χ2n) is 6.82. The van der Waals surface area contributed by atoms with Crippen molar-refractivity contribution < 1.29 is 18.0 Å². The molecule has 168 valence electrons. The van der Waals surface area contributed by atoms with Crippen molar-refractivity contribution in [2.75, 3.05) is 25.0 Å². The Morgan fingerprint density at radius 2 is 1.88 bits per heavy atom. The molecule has 2 amide bonds. The molecule has 32 heavy (non-hydrogen) atoms. The summed E-state index contributed by atoms with van der Waals surface area (Å²) in [7, 11) is -3.77. The number of nitrogens with one attached hydrogen (secondary N) is 3. The first kappa shape index (κ1) is 23.1. The number of amides is 2. The summed E-state index contributed by atoms with van der Waals surface area (Å²) in [5.74, 6) is -1.16. The summed E-state index contributed by atoms with van der Waals surface area (Å²) in [6, 6.07) is 8.55. The molecule has 0 aliphatic heterocycles. The molecule has 3 N–H and O–H groups in total. The lowest BCUT2D eigenvalue weighted by Gasteiger charge is -2.19. The van der Waals surface area contributed by atoms with Gasteiger partial charge in [-0.25, -0.2) is 8.42 Å². The molecular weight excluding hydrogens is 434 g/mol. The topological polar surface area (TPSA) is 141 Å². The van der Waals surface area contributed by atoms with Crippen molar-refractivity contribution >= 4 is 38.4 Å². The number of aromatic nitrogens is 2. The van der Waals surface area contributed by atoms with Gasteiger partial charge in [-0.3, -0.25) is 19.4 Å². The zero-order valence-corrected chi connectivity index (χ0v) is 18.4. The quantitative estimate of drug-likeness (QED) is 0.466. The average molecular weight is 458 g/mol. The molecule has 2 heterocycles. The van der Waals surface area contributed by atoms with Crippen molar-refractivity contribution in [1.82, 2.24) is 19.6 Å². The van der Waals surface area contributed by atoms with E-state index < -0.39 is 27.4 Å². The van der Waals surface area contributed by atoms with Gasteiger partial charge in [0.1, 0.15) is 0 Å². The van der Waals surface area contributed by atoms with Gasteiger partial charge in [-0.2, -0.15) is 4.31 Å². The summed E-state index contributed by atoms with van der Waals surface area (Å²) < 4.78 is 27.0. The summed E-state index contributed by atoms with van der Waals surface area (Å²) in [6.07, 6.45) is 3.02. The first-order chi connectivity index (χ1) is 15.3. The van der Waals surface area contributed by atoms with Gasteiger partial charge in [-0.1, -0.05) is 13.8 Å². The third-order valence-corrected chi connectivity index (χ3v) is 6.80. The van der Waals surface area contributed by atoms with E-state index in [1.54, 1.807) is 32.2 Å². The average Bonchev–Trinajstić information content (AvgIpc) is 2.77. The molecule has 0 bridgehead atoms. The minimum absolute atomic E-state index is 0.00381. The number of rotatable bonds is 8. The highest BCUT2D eigenvalue weighted by molar-refractivity contribution is 7.89. The zero-order valence-electron chi connectivity index (χ0n) is 17.6. The Kier molecular flexibility index (Phi) is 7.01. The maximum Gasteiger partial charge on any atom is 0.252 e. The van der Waals surface area contributed by atoms with Crippen LogP contribution in [0.15, 0.2) is 58.5 Å². The minimum Gasteiger partial charge on any atom is -0.343 e. The predicted molar refractivity (Wildman–Crippen MR) is 120 cm³/mol. The van der Waals surface area contributed by atoms with Gasteiger partial charge < -0.3 is 15.6 Å². The second kappa shape index (κ2) is 9.71. The highest BCUT2D eigenvalue weighted by Crippen LogP contribution is 2.22. The summed E-state index contributed by atoms with van der Waals surface area (Å²) in [4.78, 5) is 43.4. The summed E-state index contributed by atoms with van der Waals surface area (Å²) >= 11 is 0. The number of anilines is 1. The van der Waals surface area contributed by atoms with E-state index in [1.165, 1.54) is 28.7 Å². The van der Waals surface area contributed by atoms with E-state index >= 15 is 0 Å². The van der Waals surface area contributed by atoms with Crippen molar-refractivity contribution in [3.63, 3.8) is 0 Å². The molecule has 10 nitrogen and oxygen atoms in total. The van der Waals surface area contributed by atoms with Crippen LogP contribution in [-0.4, -0.2) is 54.1 Å². The number of carbonyl (C=O) groups is 2. The molecule has 0 atom stereocenters. The number of hydrogen-bond donors (Lipinski definition) is 3. The van der Waals surface area contributed by atoms with Gasteiger partial charge >= 0.3 is 0 Å². The lowest BCUT2D eigenvalue weighted by atomic mass is 10.1. The normalized spacial score (nSPS) is 11.5. The first-order valence-electron chi connectivity index (χ1n) is 9.91. The van der Waals surface area contributed by atoms with E-state index in [4.69, 9.17) is 0 Å². The van der Waals surface area contributed by atoms with Gasteiger partial charge in [0.05, 0.1) is 28.9 Å². The van der Waals surface area contributed by atoms with E-state index in [0.717, 1.165) is 6.07 Å². The lowest BCUT2D eigenvalue weighted by molar-refractivity contribution is -0.115. The number of sulfonamides is 1. The molecule has 0 radical (unpaired) electrons. The monoisotopic (exact) mass is 457 g/mol. The van der Waals surface area contributed by atoms with Crippen LogP contribution in [0.3, 0.4) is 0 Å². The fraction of sp³-hybridized carbons (Fsp3) is 0.238. The van der Waals surface area contributed by atoms with Crippen LogP contribution in [0.5, 0.6) is 0 Å². The van der Waals surface area contributed by atoms with Crippen molar-refractivity contribution in [2.24, 2.45) is 0 Å². The van der Waals surface area contributed by atoms with Crippen LogP contribution in [0.4, 0.5) is 5.69 Å². The predicted octanol–water partition coefficient (Wildman–Crippen LogP) is 1.32. The summed E-state index contributed by atoms with van der Waals surface area (Å²) in [5, 5.41) is 5.29. The van der Waals surface area contributed by atoms with E-state index in [9.17, 15) is 22.8 Å². The standard InChI is InChI=1S/C21H23N5O5S/c1-3-26(4-2)32(30,31)15-7-8-18-16(10-15)17(11-19(27)25-18)21(29)23-13-20(28)24-14-6-5-9-22-12-14/h5-12H,3-4,13H2,1-2H3,(H,23,29)(H,24,28)(H,25,27). The van der Waals surface area contributed by atoms with Crippen molar-refractivity contribution in [3.8, 4) is 0 Å². The Labute approximate surface area is 184 Å². The molecule has 0 saturated heterocycles. The Hall–Kier alpha value is -3.57. The number of H-pyrrole nitrogens is 1. The number of hydrogen-bond acceptors (Lipinski definition) is 6. The van der Waals surface area contributed by atoms with Crippen LogP contribution in [0, 0.1) is 0 Å². The first-order valence-corrected chi connectivity index (χ1v) is 11.4. The Morgan fingerprint density at radius 1 is 1.12 bits per heavy atom. The lowest BCUT2D eigenvalue weighted by Crippen LogP contribution is -2.33. The number of carbonyl (C=O) groups excluding carboxylic acids is 2. The van der Waals surface area contributed by atoms with E-state index in [1.807, 2.05) is 0 Å². The molecule has 3 aromatic rings. The fourth-order valence-corrected chi connectivity index (χ4v) is 4.68. The molecule has 0 spiro atoms. The molecule has 0 aliphatic carbocycles. The maximum absolute atomic E-state index is 12.9. The maximum atomic E-state index is 12.9. The van der Waals surface area contributed by atoms with Gasteiger partial charge in [0.15, 0.2) is 0 Å². The summed E-state index contributed by atoms with van der Waals surface area (Å²) in [6.45, 7) is 3.70. The van der Waals surface area contributed by atoms with Crippen LogP contribution >= 0.6 is 0 Å². The number of aromatic amines is 1. The van der Waals surface area contributed by atoms with Crippen LogP contribution < -0.4 is 16.2 Å². The van der Waals surface area contributed by atoms with Gasteiger partial charge in [-0.15, -0.1) is 0 Å². The van der Waals surface area contributed by atoms with Gasteiger partial charge in [0.2, 0.25) is 21.5 Å². The molecule has 0 fully saturated rings. The molecule has 3 rings (SSSR count). The fourth-order valence-electron chi connectivity index (χ4n) is 3.19. The van der Waals surface area contributed by atoms with Gasteiger partial charge in [-0.05, 0) is 30.3 Å². The molecule has 11 heteroatoms. The number of pyridine rings is 2. The van der Waals surface area contributed by atoms with Crippen LogP contribution in [-0.2, 0) is 14.8 Å². The third-order valence-electron chi connectivity index (χ3n) is 4.76. The van der Waals surface area contributed by atoms with Gasteiger partial charge in [0.25, 0.3) is 5.91 Å². The molecule has 0 aliphatic rings. The highest BCUT2D eigenvalue weighted by atomic mass is 32.2. The highest BCUT2D eigenvalue weighted by Gasteiger charge is 2.23. The van der Waals surface area contributed by atoms with Crippen molar-refractivity contribution in [1.29, 1.82) is 0 Å².